The molecule has 2 atom stereocenters. The van der Waals surface area contributed by atoms with Crippen molar-refractivity contribution in [2.24, 2.45) is 11.7 Å². The molecule has 2 fully saturated rings. The molecule has 21 heavy (non-hydrogen) atoms. The van der Waals surface area contributed by atoms with Gasteiger partial charge in [0, 0.05) is 30.9 Å². The van der Waals surface area contributed by atoms with Gasteiger partial charge in [-0.1, -0.05) is 19.8 Å². The summed E-state index contributed by atoms with van der Waals surface area (Å²) in [6, 6.07) is 1.12. The van der Waals surface area contributed by atoms with Crippen LogP contribution in [0.15, 0.2) is 12.4 Å². The summed E-state index contributed by atoms with van der Waals surface area (Å²) in [6.45, 7) is 5.12. The predicted octanol–water partition coefficient (Wildman–Crippen LogP) is 2.95. The summed E-state index contributed by atoms with van der Waals surface area (Å²) < 4.78 is 2.07. The van der Waals surface area contributed by atoms with Crippen LogP contribution in [0.2, 0.25) is 0 Å². The molecule has 2 unspecified atom stereocenters. The Morgan fingerprint density at radius 1 is 1.29 bits per heavy atom. The van der Waals surface area contributed by atoms with Crippen molar-refractivity contribution in [3.8, 4) is 0 Å². The van der Waals surface area contributed by atoms with Gasteiger partial charge in [-0.15, -0.1) is 0 Å². The summed E-state index contributed by atoms with van der Waals surface area (Å²) in [4.78, 5) is 2.70. The summed E-state index contributed by atoms with van der Waals surface area (Å²) in [6.07, 6.45) is 13.8. The van der Waals surface area contributed by atoms with Crippen LogP contribution in [-0.4, -0.2) is 33.8 Å². The highest BCUT2D eigenvalue weighted by atomic mass is 15.3. The normalized spacial score (nSPS) is 25.7. The number of nitrogens with two attached hydrogens (primary N) is 1. The molecule has 2 N–H and O–H groups in total. The second-order valence-corrected chi connectivity index (χ2v) is 6.78. The Morgan fingerprint density at radius 3 is 2.81 bits per heavy atom. The number of rotatable bonds is 6. The zero-order chi connectivity index (χ0) is 14.7. The van der Waals surface area contributed by atoms with E-state index in [1.54, 1.807) is 0 Å². The Morgan fingerprint density at radius 2 is 2.10 bits per heavy atom. The van der Waals surface area contributed by atoms with Crippen LogP contribution >= 0.6 is 0 Å². The van der Waals surface area contributed by atoms with Gasteiger partial charge >= 0.3 is 0 Å². The van der Waals surface area contributed by atoms with Gasteiger partial charge in [0.1, 0.15) is 0 Å². The molecule has 0 amide bonds. The van der Waals surface area contributed by atoms with Crippen LogP contribution in [0, 0.1) is 5.92 Å². The molecule has 118 valence electrons. The molecule has 1 aromatic rings. The van der Waals surface area contributed by atoms with E-state index in [-0.39, 0.29) is 0 Å². The summed E-state index contributed by atoms with van der Waals surface area (Å²) in [5.74, 6) is 0.909. The van der Waals surface area contributed by atoms with Crippen LogP contribution in [0.4, 0.5) is 0 Å². The Bertz CT molecular complexity index is 436. The maximum Gasteiger partial charge on any atom is 0.0538 e. The molecule has 2 heterocycles. The monoisotopic (exact) mass is 290 g/mol. The number of hydrogen-bond acceptors (Lipinski definition) is 3. The molecule has 0 aromatic carbocycles. The lowest BCUT2D eigenvalue weighted by Gasteiger charge is -2.35. The molecule has 1 aliphatic heterocycles. The molecule has 4 nitrogen and oxygen atoms in total. The number of aromatic nitrogens is 2. The number of nitrogens with zero attached hydrogens (tertiary/aromatic N) is 3. The maximum atomic E-state index is 6.15. The molecule has 1 saturated carbocycles. The first kappa shape index (κ1) is 15.0. The van der Waals surface area contributed by atoms with Crippen molar-refractivity contribution >= 4 is 0 Å². The number of hydrogen-bond donors (Lipinski definition) is 1. The Kier molecular flexibility index (Phi) is 4.96. The Labute approximate surface area is 128 Å². The molecular weight excluding hydrogens is 260 g/mol. The lowest BCUT2D eigenvalue weighted by molar-refractivity contribution is 0.138. The maximum absolute atomic E-state index is 6.15. The third-order valence-electron chi connectivity index (χ3n) is 5.40. The van der Waals surface area contributed by atoms with Crippen molar-refractivity contribution in [1.82, 2.24) is 14.7 Å². The smallest absolute Gasteiger partial charge is 0.0538 e. The molecular formula is C17H30N4. The van der Waals surface area contributed by atoms with Crippen molar-refractivity contribution < 1.29 is 0 Å². The van der Waals surface area contributed by atoms with E-state index in [2.05, 4.69) is 27.8 Å². The van der Waals surface area contributed by atoms with E-state index in [9.17, 15) is 0 Å². The third-order valence-corrected chi connectivity index (χ3v) is 5.40. The standard InChI is InChI=1S/C17H30N4/c1-2-9-20-13-15(12-19-20)17(11-18)21-10-5-8-16(21)14-6-3-4-7-14/h12-14,16-17H,2-11,18H2,1H3. The summed E-state index contributed by atoms with van der Waals surface area (Å²) in [7, 11) is 0. The zero-order valence-electron chi connectivity index (χ0n) is 13.4. The Hall–Kier alpha value is -0.870. The van der Waals surface area contributed by atoms with Gasteiger partial charge in [0.05, 0.1) is 12.2 Å². The molecule has 0 bridgehead atoms. The fourth-order valence-electron chi connectivity index (χ4n) is 4.42. The van der Waals surface area contributed by atoms with Gasteiger partial charge in [-0.05, 0) is 44.6 Å². The highest BCUT2D eigenvalue weighted by Crippen LogP contribution is 2.39. The van der Waals surface area contributed by atoms with E-state index in [4.69, 9.17) is 5.73 Å². The molecule has 1 aliphatic carbocycles. The van der Waals surface area contributed by atoms with Crippen LogP contribution in [0.1, 0.15) is 63.5 Å². The van der Waals surface area contributed by atoms with Crippen LogP contribution < -0.4 is 5.73 Å². The van der Waals surface area contributed by atoms with Crippen LogP contribution in [0.5, 0.6) is 0 Å². The molecule has 3 rings (SSSR count). The highest BCUT2D eigenvalue weighted by Gasteiger charge is 2.37. The predicted molar refractivity (Wildman–Crippen MR) is 86.0 cm³/mol. The number of aryl methyl sites for hydroxylation is 1. The van der Waals surface area contributed by atoms with Gasteiger partial charge in [0.15, 0.2) is 0 Å². The summed E-state index contributed by atoms with van der Waals surface area (Å²) in [5, 5.41) is 4.50. The van der Waals surface area contributed by atoms with E-state index in [1.807, 2.05) is 6.20 Å². The lowest BCUT2D eigenvalue weighted by Crippen LogP contribution is -2.40. The fraction of sp³-hybridized carbons (Fsp3) is 0.824. The van der Waals surface area contributed by atoms with Gasteiger partial charge in [0.2, 0.25) is 0 Å². The summed E-state index contributed by atoms with van der Waals surface area (Å²) in [5.41, 5.74) is 7.47. The fourth-order valence-corrected chi connectivity index (χ4v) is 4.42. The molecule has 4 heteroatoms. The quantitative estimate of drug-likeness (QED) is 0.876. The largest absolute Gasteiger partial charge is 0.329 e. The van der Waals surface area contributed by atoms with Crippen molar-refractivity contribution in [3.63, 3.8) is 0 Å². The lowest BCUT2D eigenvalue weighted by atomic mass is 9.94. The summed E-state index contributed by atoms with van der Waals surface area (Å²) >= 11 is 0. The first-order valence-electron chi connectivity index (χ1n) is 8.81. The molecule has 1 aromatic heterocycles. The minimum absolute atomic E-state index is 0.365. The molecule has 0 radical (unpaired) electrons. The van der Waals surface area contributed by atoms with E-state index in [0.717, 1.165) is 24.9 Å². The molecule has 0 spiro atoms. The van der Waals surface area contributed by atoms with Gasteiger partial charge in [0.25, 0.3) is 0 Å². The first-order valence-corrected chi connectivity index (χ1v) is 8.81. The highest BCUT2D eigenvalue weighted by molar-refractivity contribution is 5.13. The van der Waals surface area contributed by atoms with E-state index in [0.29, 0.717) is 12.6 Å². The van der Waals surface area contributed by atoms with E-state index >= 15 is 0 Å². The SMILES string of the molecule is CCCn1cc(C(CN)N2CCCC2C2CCCC2)cn1. The minimum atomic E-state index is 0.365. The van der Waals surface area contributed by atoms with E-state index < -0.39 is 0 Å². The van der Waals surface area contributed by atoms with Gasteiger partial charge < -0.3 is 5.73 Å². The van der Waals surface area contributed by atoms with Gasteiger partial charge in [-0.3, -0.25) is 9.58 Å². The zero-order valence-corrected chi connectivity index (χ0v) is 13.4. The second kappa shape index (κ2) is 6.93. The van der Waals surface area contributed by atoms with Crippen molar-refractivity contribution in [3.05, 3.63) is 18.0 Å². The second-order valence-electron chi connectivity index (χ2n) is 6.78. The topological polar surface area (TPSA) is 47.1 Å². The average molecular weight is 290 g/mol. The van der Waals surface area contributed by atoms with Crippen LogP contribution in [0.3, 0.4) is 0 Å². The molecule has 1 saturated heterocycles. The van der Waals surface area contributed by atoms with Crippen LogP contribution in [-0.2, 0) is 6.54 Å². The first-order chi connectivity index (χ1) is 10.3. The Balaban J connectivity index is 1.74. The average Bonchev–Trinajstić information content (AvgIpc) is 3.20. The van der Waals surface area contributed by atoms with E-state index in [1.165, 1.54) is 50.6 Å². The van der Waals surface area contributed by atoms with Gasteiger partial charge in [-0.2, -0.15) is 5.10 Å². The van der Waals surface area contributed by atoms with Crippen molar-refractivity contribution in [2.75, 3.05) is 13.1 Å². The minimum Gasteiger partial charge on any atom is -0.329 e. The van der Waals surface area contributed by atoms with Gasteiger partial charge in [-0.25, -0.2) is 0 Å². The van der Waals surface area contributed by atoms with Crippen LogP contribution in [0.25, 0.3) is 0 Å². The molecule has 2 aliphatic rings. The van der Waals surface area contributed by atoms with Crippen molar-refractivity contribution in [1.29, 1.82) is 0 Å². The number of likely N-dealkylation sites (tertiary alicyclic amines) is 1. The van der Waals surface area contributed by atoms with Crippen molar-refractivity contribution in [2.45, 2.75) is 70.5 Å². The third kappa shape index (κ3) is 3.16.